The van der Waals surface area contributed by atoms with Gasteiger partial charge in [0.15, 0.2) is 0 Å². The van der Waals surface area contributed by atoms with E-state index in [1.165, 1.54) is 18.9 Å². The normalized spacial score (nSPS) is 14.4. The maximum Gasteiger partial charge on any atom is 0.128 e. The fourth-order valence-electron chi connectivity index (χ4n) is 2.56. The Balaban J connectivity index is 1.62. The summed E-state index contributed by atoms with van der Waals surface area (Å²) in [4.78, 5) is 6.72. The smallest absolute Gasteiger partial charge is 0.128 e. The maximum atomic E-state index is 13.2. The molecule has 1 saturated heterocycles. The molecule has 21 heavy (non-hydrogen) atoms. The van der Waals surface area contributed by atoms with Gasteiger partial charge < -0.3 is 15.3 Å². The molecule has 1 aromatic carbocycles. The second-order valence-electron chi connectivity index (χ2n) is 5.27. The van der Waals surface area contributed by atoms with Crippen molar-refractivity contribution in [3.05, 3.63) is 47.9 Å². The van der Waals surface area contributed by atoms with Crippen molar-refractivity contribution in [2.75, 3.05) is 23.3 Å². The molecule has 3 rings (SSSR count). The van der Waals surface area contributed by atoms with Crippen molar-refractivity contribution in [1.82, 2.24) is 4.98 Å². The molecule has 0 bridgehead atoms. The van der Waals surface area contributed by atoms with Gasteiger partial charge in [0.1, 0.15) is 17.4 Å². The highest BCUT2D eigenvalue weighted by molar-refractivity contribution is 5.49. The summed E-state index contributed by atoms with van der Waals surface area (Å²) in [5, 5.41) is 12.5. The number of hydrogen-bond acceptors (Lipinski definition) is 4. The first-order valence-corrected chi connectivity index (χ1v) is 7.14. The third kappa shape index (κ3) is 3.42. The molecule has 5 heteroatoms. The largest absolute Gasteiger partial charge is 0.508 e. The van der Waals surface area contributed by atoms with Crippen LogP contribution in [0.25, 0.3) is 0 Å². The molecule has 2 aromatic rings. The van der Waals surface area contributed by atoms with E-state index in [-0.39, 0.29) is 5.75 Å². The molecule has 110 valence electrons. The van der Waals surface area contributed by atoms with Gasteiger partial charge in [0.2, 0.25) is 0 Å². The zero-order chi connectivity index (χ0) is 14.7. The third-order valence-corrected chi connectivity index (χ3v) is 3.62. The first-order chi connectivity index (χ1) is 10.2. The molecule has 0 atom stereocenters. The number of rotatable bonds is 4. The number of hydrogen-bond donors (Lipinski definition) is 2. The van der Waals surface area contributed by atoms with Crippen LogP contribution in [0, 0.1) is 5.82 Å². The number of halogens is 1. The second-order valence-corrected chi connectivity index (χ2v) is 5.27. The van der Waals surface area contributed by atoms with Crippen LogP contribution in [0.3, 0.4) is 0 Å². The van der Waals surface area contributed by atoms with Gasteiger partial charge in [0, 0.05) is 25.7 Å². The molecule has 1 aliphatic heterocycles. The van der Waals surface area contributed by atoms with E-state index in [1.807, 2.05) is 12.1 Å². The van der Waals surface area contributed by atoms with Gasteiger partial charge in [-0.3, -0.25) is 0 Å². The van der Waals surface area contributed by atoms with Crippen LogP contribution in [0.15, 0.2) is 36.5 Å². The number of nitrogens with zero attached hydrogens (tertiary/aromatic N) is 2. The molecule has 0 aliphatic carbocycles. The third-order valence-electron chi connectivity index (χ3n) is 3.62. The van der Waals surface area contributed by atoms with Crippen LogP contribution in [0.4, 0.5) is 15.9 Å². The Kier molecular flexibility index (Phi) is 3.90. The van der Waals surface area contributed by atoms with E-state index in [4.69, 9.17) is 0 Å². The monoisotopic (exact) mass is 287 g/mol. The average molecular weight is 287 g/mol. The first kappa shape index (κ1) is 13.7. The summed E-state index contributed by atoms with van der Waals surface area (Å²) in [6.07, 6.45) is 4.24. The minimum absolute atomic E-state index is 0.0608. The average Bonchev–Trinajstić information content (AvgIpc) is 2.99. The highest BCUT2D eigenvalue weighted by atomic mass is 19.1. The van der Waals surface area contributed by atoms with Crippen molar-refractivity contribution >= 4 is 11.5 Å². The second kappa shape index (κ2) is 5.99. The maximum absolute atomic E-state index is 13.2. The van der Waals surface area contributed by atoms with Gasteiger partial charge in [-0.25, -0.2) is 9.37 Å². The lowest BCUT2D eigenvalue weighted by atomic mass is 10.2. The van der Waals surface area contributed by atoms with E-state index >= 15 is 0 Å². The lowest BCUT2D eigenvalue weighted by Gasteiger charge is -2.16. The summed E-state index contributed by atoms with van der Waals surface area (Å²) in [6.45, 7) is 2.58. The van der Waals surface area contributed by atoms with Gasteiger partial charge >= 0.3 is 0 Å². The van der Waals surface area contributed by atoms with E-state index in [2.05, 4.69) is 15.2 Å². The number of pyridine rings is 1. The van der Waals surface area contributed by atoms with Gasteiger partial charge in [0.05, 0.1) is 11.9 Å². The predicted octanol–water partition coefficient (Wildman–Crippen LogP) is 3.14. The van der Waals surface area contributed by atoms with Crippen molar-refractivity contribution in [2.45, 2.75) is 19.4 Å². The Morgan fingerprint density at radius 2 is 2.00 bits per heavy atom. The van der Waals surface area contributed by atoms with Gasteiger partial charge in [-0.15, -0.1) is 0 Å². The van der Waals surface area contributed by atoms with Gasteiger partial charge in [-0.05, 0) is 42.7 Å². The van der Waals surface area contributed by atoms with Crippen molar-refractivity contribution < 1.29 is 9.50 Å². The number of phenolic OH excluding ortho intramolecular Hbond substituents is 1. The van der Waals surface area contributed by atoms with Crippen molar-refractivity contribution in [1.29, 1.82) is 0 Å². The minimum Gasteiger partial charge on any atom is -0.508 e. The number of aromatic hydroxyl groups is 1. The molecule has 4 nitrogen and oxygen atoms in total. The molecule has 1 fully saturated rings. The molecule has 1 aromatic heterocycles. The number of phenols is 1. The predicted molar refractivity (Wildman–Crippen MR) is 81.1 cm³/mol. The van der Waals surface area contributed by atoms with Crippen LogP contribution < -0.4 is 10.2 Å². The molecular weight excluding hydrogens is 269 g/mol. The quantitative estimate of drug-likeness (QED) is 0.907. The zero-order valence-corrected chi connectivity index (χ0v) is 11.7. The number of aromatic nitrogens is 1. The van der Waals surface area contributed by atoms with Crippen LogP contribution in [0.1, 0.15) is 18.4 Å². The van der Waals surface area contributed by atoms with Crippen LogP contribution in [-0.2, 0) is 6.54 Å². The molecule has 2 heterocycles. The van der Waals surface area contributed by atoms with E-state index in [0.29, 0.717) is 12.1 Å². The topological polar surface area (TPSA) is 48.4 Å². The summed E-state index contributed by atoms with van der Waals surface area (Å²) in [7, 11) is 0. The molecule has 0 spiro atoms. The van der Waals surface area contributed by atoms with Crippen LogP contribution in [0.2, 0.25) is 0 Å². The van der Waals surface area contributed by atoms with E-state index in [0.717, 1.165) is 30.7 Å². The van der Waals surface area contributed by atoms with Crippen LogP contribution in [0.5, 0.6) is 5.75 Å². The Hall–Kier alpha value is -2.30. The molecular formula is C16H18FN3O. The van der Waals surface area contributed by atoms with Gasteiger partial charge in [0.25, 0.3) is 0 Å². The first-order valence-electron chi connectivity index (χ1n) is 7.14. The van der Waals surface area contributed by atoms with E-state index in [9.17, 15) is 9.50 Å². The fourth-order valence-corrected chi connectivity index (χ4v) is 2.56. The Morgan fingerprint density at radius 3 is 2.67 bits per heavy atom. The van der Waals surface area contributed by atoms with Gasteiger partial charge in [-0.2, -0.15) is 0 Å². The molecule has 0 radical (unpaired) electrons. The fraction of sp³-hybridized carbons (Fsp3) is 0.312. The zero-order valence-electron chi connectivity index (χ0n) is 11.7. The summed E-state index contributed by atoms with van der Waals surface area (Å²) in [5.74, 6) is 0.505. The Morgan fingerprint density at radius 1 is 1.19 bits per heavy atom. The lowest BCUT2D eigenvalue weighted by Crippen LogP contribution is -2.18. The van der Waals surface area contributed by atoms with Gasteiger partial charge in [-0.1, -0.05) is 0 Å². The summed E-state index contributed by atoms with van der Waals surface area (Å²) in [5.41, 5.74) is 1.57. The molecule has 0 amide bonds. The summed E-state index contributed by atoms with van der Waals surface area (Å²) < 4.78 is 13.2. The van der Waals surface area contributed by atoms with Crippen LogP contribution >= 0.6 is 0 Å². The summed E-state index contributed by atoms with van der Waals surface area (Å²) >= 11 is 0. The van der Waals surface area contributed by atoms with Crippen molar-refractivity contribution in [3.63, 3.8) is 0 Å². The molecule has 1 aliphatic rings. The standard InChI is InChI=1S/C16H18FN3O/c17-13-7-12(8-15(21)9-13)10-18-14-3-4-16(19-11-14)20-5-1-2-6-20/h3-4,7-9,11,18,21H,1-2,5-6,10H2. The Labute approximate surface area is 123 Å². The number of benzene rings is 1. The van der Waals surface area contributed by atoms with Crippen molar-refractivity contribution in [2.24, 2.45) is 0 Å². The van der Waals surface area contributed by atoms with E-state index < -0.39 is 5.82 Å². The summed E-state index contributed by atoms with van der Waals surface area (Å²) in [6, 6.07) is 8.01. The van der Waals surface area contributed by atoms with Crippen molar-refractivity contribution in [3.8, 4) is 5.75 Å². The van der Waals surface area contributed by atoms with E-state index in [1.54, 1.807) is 12.3 Å². The Bertz CT molecular complexity index is 589. The molecule has 2 N–H and O–H groups in total. The SMILES string of the molecule is Oc1cc(F)cc(CNc2ccc(N3CCCC3)nc2)c1. The molecule has 0 unspecified atom stereocenters. The highest BCUT2D eigenvalue weighted by Gasteiger charge is 2.12. The lowest BCUT2D eigenvalue weighted by molar-refractivity contribution is 0.468. The minimum atomic E-state index is -0.436. The molecule has 0 saturated carbocycles. The highest BCUT2D eigenvalue weighted by Crippen LogP contribution is 2.20. The van der Waals surface area contributed by atoms with Crippen LogP contribution in [-0.4, -0.2) is 23.2 Å². The number of anilines is 2. The number of nitrogens with one attached hydrogen (secondary N) is 1.